The first kappa shape index (κ1) is 15.5. The average molecular weight is 292 g/mol. The van der Waals surface area contributed by atoms with E-state index in [4.69, 9.17) is 15.2 Å². The van der Waals surface area contributed by atoms with Crippen molar-refractivity contribution in [2.45, 2.75) is 39.2 Å². The summed E-state index contributed by atoms with van der Waals surface area (Å²) >= 11 is 0. The molecule has 116 valence electrons. The van der Waals surface area contributed by atoms with Gasteiger partial charge in [-0.3, -0.25) is 4.79 Å². The number of anilines is 2. The largest absolute Gasteiger partial charge is 0.486 e. The molecular weight excluding hydrogens is 268 g/mol. The first-order chi connectivity index (χ1) is 10.2. The lowest BCUT2D eigenvalue weighted by Gasteiger charge is -2.36. The SMILES string of the molecule is CCCCOC(=O)CN1CC(CC)Oc2cccc(N)c21. The predicted molar refractivity (Wildman–Crippen MR) is 83.6 cm³/mol. The van der Waals surface area contributed by atoms with Gasteiger partial charge >= 0.3 is 5.97 Å². The second kappa shape index (κ2) is 7.20. The topological polar surface area (TPSA) is 64.8 Å². The Morgan fingerprint density at radius 3 is 3.00 bits per heavy atom. The van der Waals surface area contributed by atoms with E-state index >= 15 is 0 Å². The maximum atomic E-state index is 12.0. The van der Waals surface area contributed by atoms with Gasteiger partial charge in [-0.1, -0.05) is 26.3 Å². The van der Waals surface area contributed by atoms with Crippen molar-refractivity contribution in [3.63, 3.8) is 0 Å². The Morgan fingerprint density at radius 1 is 1.48 bits per heavy atom. The van der Waals surface area contributed by atoms with Gasteiger partial charge < -0.3 is 20.1 Å². The van der Waals surface area contributed by atoms with Crippen LogP contribution in [0.5, 0.6) is 5.75 Å². The van der Waals surface area contributed by atoms with Crippen LogP contribution in [0.2, 0.25) is 0 Å². The van der Waals surface area contributed by atoms with E-state index in [1.165, 1.54) is 0 Å². The van der Waals surface area contributed by atoms with Gasteiger partial charge in [0.15, 0.2) is 0 Å². The Kier molecular flexibility index (Phi) is 5.31. The minimum Gasteiger partial charge on any atom is -0.486 e. The zero-order valence-corrected chi connectivity index (χ0v) is 12.8. The van der Waals surface area contributed by atoms with Gasteiger partial charge in [-0.05, 0) is 25.0 Å². The van der Waals surface area contributed by atoms with Crippen LogP contribution in [0.25, 0.3) is 0 Å². The number of esters is 1. The molecule has 2 N–H and O–H groups in total. The number of fused-ring (bicyclic) bond motifs is 1. The van der Waals surface area contributed by atoms with E-state index < -0.39 is 0 Å². The highest BCUT2D eigenvalue weighted by atomic mass is 16.5. The minimum absolute atomic E-state index is 0.0720. The molecule has 2 rings (SSSR count). The van der Waals surface area contributed by atoms with Crippen LogP contribution in [-0.4, -0.2) is 31.8 Å². The summed E-state index contributed by atoms with van der Waals surface area (Å²) in [4.78, 5) is 13.9. The lowest BCUT2D eigenvalue weighted by molar-refractivity contribution is -0.142. The smallest absolute Gasteiger partial charge is 0.325 e. The van der Waals surface area contributed by atoms with Crippen LogP contribution in [0, 0.1) is 0 Å². The fraction of sp³-hybridized carbons (Fsp3) is 0.562. The number of nitrogens with two attached hydrogens (primary N) is 1. The predicted octanol–water partition coefficient (Wildman–Crippen LogP) is 2.59. The molecule has 1 heterocycles. The van der Waals surface area contributed by atoms with Gasteiger partial charge in [-0.2, -0.15) is 0 Å². The van der Waals surface area contributed by atoms with Crippen LogP contribution in [-0.2, 0) is 9.53 Å². The molecule has 21 heavy (non-hydrogen) atoms. The molecule has 0 saturated heterocycles. The van der Waals surface area contributed by atoms with E-state index in [9.17, 15) is 4.79 Å². The fourth-order valence-corrected chi connectivity index (χ4v) is 2.41. The van der Waals surface area contributed by atoms with Crippen LogP contribution in [0.15, 0.2) is 18.2 Å². The number of rotatable bonds is 6. The molecule has 1 aromatic carbocycles. The van der Waals surface area contributed by atoms with Crippen LogP contribution < -0.4 is 15.4 Å². The van der Waals surface area contributed by atoms with Gasteiger partial charge in [0.25, 0.3) is 0 Å². The molecule has 1 aliphatic rings. The zero-order chi connectivity index (χ0) is 15.2. The number of nitrogen functional groups attached to an aromatic ring is 1. The molecule has 0 amide bonds. The number of unbranched alkanes of at least 4 members (excludes halogenated alkanes) is 1. The van der Waals surface area contributed by atoms with Crippen molar-refractivity contribution in [2.24, 2.45) is 0 Å². The zero-order valence-electron chi connectivity index (χ0n) is 12.8. The molecule has 0 radical (unpaired) electrons. The average Bonchev–Trinajstić information content (AvgIpc) is 2.47. The lowest BCUT2D eigenvalue weighted by Crippen LogP contribution is -2.43. The summed E-state index contributed by atoms with van der Waals surface area (Å²) in [5.41, 5.74) is 7.47. The molecular formula is C16H24N2O3. The summed E-state index contributed by atoms with van der Waals surface area (Å²) in [5.74, 6) is 0.531. The molecule has 1 unspecified atom stereocenters. The normalized spacial score (nSPS) is 17.0. The number of benzene rings is 1. The molecule has 0 aromatic heterocycles. The van der Waals surface area contributed by atoms with Crippen LogP contribution in [0.3, 0.4) is 0 Å². The van der Waals surface area contributed by atoms with E-state index in [1.54, 1.807) is 0 Å². The van der Waals surface area contributed by atoms with Crippen LogP contribution in [0.1, 0.15) is 33.1 Å². The summed E-state index contributed by atoms with van der Waals surface area (Å²) in [6.07, 6.45) is 2.86. The number of carbonyl (C=O) groups is 1. The van der Waals surface area contributed by atoms with Gasteiger partial charge in [0.2, 0.25) is 0 Å². The number of nitrogens with zero attached hydrogens (tertiary/aromatic N) is 1. The number of carbonyl (C=O) groups excluding carboxylic acids is 1. The number of hydrogen-bond donors (Lipinski definition) is 1. The van der Waals surface area contributed by atoms with Crippen molar-refractivity contribution in [1.29, 1.82) is 0 Å². The molecule has 0 aliphatic carbocycles. The molecule has 1 aromatic rings. The van der Waals surface area contributed by atoms with E-state index in [-0.39, 0.29) is 18.6 Å². The highest BCUT2D eigenvalue weighted by Crippen LogP contribution is 2.38. The maximum absolute atomic E-state index is 12.0. The lowest BCUT2D eigenvalue weighted by atomic mass is 10.1. The second-order valence-corrected chi connectivity index (χ2v) is 5.30. The molecule has 5 heteroatoms. The summed E-state index contributed by atoms with van der Waals surface area (Å²) in [7, 11) is 0. The summed E-state index contributed by atoms with van der Waals surface area (Å²) < 4.78 is 11.1. The third kappa shape index (κ3) is 3.80. The Labute approximate surface area is 126 Å². The Balaban J connectivity index is 2.10. The van der Waals surface area contributed by atoms with Crippen molar-refractivity contribution < 1.29 is 14.3 Å². The van der Waals surface area contributed by atoms with Crippen LogP contribution in [0.4, 0.5) is 11.4 Å². The third-order valence-electron chi connectivity index (χ3n) is 3.60. The molecule has 5 nitrogen and oxygen atoms in total. The third-order valence-corrected chi connectivity index (χ3v) is 3.60. The van der Waals surface area contributed by atoms with Crippen molar-refractivity contribution in [3.8, 4) is 5.75 Å². The first-order valence-corrected chi connectivity index (χ1v) is 7.61. The van der Waals surface area contributed by atoms with Crippen molar-refractivity contribution in [1.82, 2.24) is 0 Å². The number of ether oxygens (including phenoxy) is 2. The molecule has 1 atom stereocenters. The van der Waals surface area contributed by atoms with E-state index in [2.05, 4.69) is 13.8 Å². The first-order valence-electron chi connectivity index (χ1n) is 7.61. The van der Waals surface area contributed by atoms with Gasteiger partial charge in [-0.15, -0.1) is 0 Å². The summed E-state index contributed by atoms with van der Waals surface area (Å²) in [5, 5.41) is 0. The Morgan fingerprint density at radius 2 is 2.29 bits per heavy atom. The minimum atomic E-state index is -0.214. The molecule has 0 spiro atoms. The molecule has 1 aliphatic heterocycles. The summed E-state index contributed by atoms with van der Waals surface area (Å²) in [6, 6.07) is 5.58. The number of hydrogen-bond acceptors (Lipinski definition) is 5. The Hall–Kier alpha value is -1.91. The molecule has 0 saturated carbocycles. The standard InChI is InChI=1S/C16H24N2O3/c1-3-5-9-20-15(19)11-18-10-12(4-2)21-14-8-6-7-13(17)16(14)18/h6-8,12H,3-5,9-11,17H2,1-2H3. The van der Waals surface area contributed by atoms with Gasteiger partial charge in [0.1, 0.15) is 24.1 Å². The highest BCUT2D eigenvalue weighted by molar-refractivity contribution is 5.82. The van der Waals surface area contributed by atoms with E-state index in [1.807, 2.05) is 23.1 Å². The van der Waals surface area contributed by atoms with Crippen molar-refractivity contribution >= 4 is 17.3 Å². The van der Waals surface area contributed by atoms with E-state index in [0.717, 1.165) is 30.7 Å². The van der Waals surface area contributed by atoms with E-state index in [0.29, 0.717) is 18.8 Å². The Bertz CT molecular complexity index is 490. The summed E-state index contributed by atoms with van der Waals surface area (Å²) in [6.45, 7) is 5.48. The van der Waals surface area contributed by atoms with Gasteiger partial charge in [-0.25, -0.2) is 0 Å². The monoisotopic (exact) mass is 292 g/mol. The van der Waals surface area contributed by atoms with Crippen molar-refractivity contribution in [2.75, 3.05) is 30.3 Å². The maximum Gasteiger partial charge on any atom is 0.325 e. The fourth-order valence-electron chi connectivity index (χ4n) is 2.41. The quantitative estimate of drug-likeness (QED) is 0.496. The highest BCUT2D eigenvalue weighted by Gasteiger charge is 2.28. The number of para-hydroxylation sites is 1. The second-order valence-electron chi connectivity index (χ2n) is 5.30. The molecule has 0 bridgehead atoms. The van der Waals surface area contributed by atoms with Crippen molar-refractivity contribution in [3.05, 3.63) is 18.2 Å². The van der Waals surface area contributed by atoms with Gasteiger partial charge in [0, 0.05) is 0 Å². The van der Waals surface area contributed by atoms with Gasteiger partial charge in [0.05, 0.1) is 18.8 Å². The van der Waals surface area contributed by atoms with Crippen LogP contribution >= 0.6 is 0 Å². The molecule has 0 fully saturated rings.